The largest absolute Gasteiger partial charge is 0.474 e. The minimum Gasteiger partial charge on any atom is -0.474 e. The molecule has 0 bridgehead atoms. The lowest BCUT2D eigenvalue weighted by molar-refractivity contribution is 0.0781. The molecule has 0 saturated carbocycles. The lowest BCUT2D eigenvalue weighted by Crippen LogP contribution is -2.35. The maximum Gasteiger partial charge on any atom is 0.255 e. The normalized spacial score (nSPS) is 21.7. The van der Waals surface area contributed by atoms with Crippen LogP contribution >= 0.6 is 11.6 Å². The summed E-state index contributed by atoms with van der Waals surface area (Å²) in [4.78, 5) is 20.8. The number of aromatic nitrogens is 1. The molecule has 1 aliphatic heterocycles. The van der Waals surface area contributed by atoms with Gasteiger partial charge in [0.1, 0.15) is 5.02 Å². The van der Waals surface area contributed by atoms with E-state index in [0.29, 0.717) is 28.4 Å². The number of nitrogens with zero attached hydrogens (tertiary/aromatic N) is 3. The number of carbonyl (C=O) groups excluding carboxylic acids is 1. The van der Waals surface area contributed by atoms with Crippen LogP contribution in [0.2, 0.25) is 5.02 Å². The van der Waals surface area contributed by atoms with Crippen molar-refractivity contribution in [3.63, 3.8) is 0 Å². The van der Waals surface area contributed by atoms with E-state index in [1.807, 2.05) is 32.8 Å². The fourth-order valence-electron chi connectivity index (χ4n) is 2.82. The summed E-state index contributed by atoms with van der Waals surface area (Å²) >= 11 is 6.17. The lowest BCUT2D eigenvalue weighted by Gasteiger charge is -2.22. The van der Waals surface area contributed by atoms with Crippen molar-refractivity contribution in [2.45, 2.75) is 32.9 Å². The zero-order valence-corrected chi connectivity index (χ0v) is 14.6. The highest BCUT2D eigenvalue weighted by molar-refractivity contribution is 6.32. The Hall–Kier alpha value is -1.33. The molecule has 0 aliphatic carbocycles. The molecule has 6 heteroatoms. The molecule has 1 aromatic heterocycles. The van der Waals surface area contributed by atoms with Gasteiger partial charge in [0.25, 0.3) is 5.91 Å². The first-order valence-electron chi connectivity index (χ1n) is 7.57. The van der Waals surface area contributed by atoms with Gasteiger partial charge in [-0.25, -0.2) is 4.98 Å². The van der Waals surface area contributed by atoms with E-state index in [2.05, 4.69) is 16.8 Å². The molecule has 2 heterocycles. The van der Waals surface area contributed by atoms with Crippen molar-refractivity contribution in [3.05, 3.63) is 22.8 Å². The third-order valence-electron chi connectivity index (χ3n) is 3.92. The van der Waals surface area contributed by atoms with Crippen molar-refractivity contribution in [1.82, 2.24) is 14.8 Å². The Kier molecular flexibility index (Phi) is 5.29. The standard InChI is InChI=1S/C16H24ClN3O2/c1-10(2)22-15-13(17)6-12(7-18-15)16(21)20-8-11(3)14(9-20)19(4)5/h6-7,10-11,14H,8-9H2,1-5H3/t11-,14+/m1/s1. The van der Waals surface area contributed by atoms with Crippen LogP contribution < -0.4 is 4.74 Å². The summed E-state index contributed by atoms with van der Waals surface area (Å²) in [6.45, 7) is 7.47. The second-order valence-corrected chi connectivity index (χ2v) is 6.80. The second kappa shape index (κ2) is 6.84. The average Bonchev–Trinajstić information content (AvgIpc) is 2.82. The first kappa shape index (κ1) is 17.0. The summed E-state index contributed by atoms with van der Waals surface area (Å²) in [5.74, 6) is 0.793. The minimum atomic E-state index is -0.0262. The van der Waals surface area contributed by atoms with E-state index in [9.17, 15) is 4.79 Å². The van der Waals surface area contributed by atoms with Gasteiger partial charge in [-0.05, 0) is 39.9 Å². The quantitative estimate of drug-likeness (QED) is 0.853. The van der Waals surface area contributed by atoms with Crippen molar-refractivity contribution in [1.29, 1.82) is 0 Å². The number of halogens is 1. The molecule has 1 aromatic rings. The van der Waals surface area contributed by atoms with Crippen LogP contribution in [0, 0.1) is 5.92 Å². The highest BCUT2D eigenvalue weighted by atomic mass is 35.5. The smallest absolute Gasteiger partial charge is 0.255 e. The molecule has 5 nitrogen and oxygen atoms in total. The van der Waals surface area contributed by atoms with Gasteiger partial charge in [0.15, 0.2) is 0 Å². The second-order valence-electron chi connectivity index (χ2n) is 6.40. The molecule has 0 N–H and O–H groups in total. The number of hydrogen-bond acceptors (Lipinski definition) is 4. The van der Waals surface area contributed by atoms with E-state index in [4.69, 9.17) is 16.3 Å². The number of hydrogen-bond donors (Lipinski definition) is 0. The van der Waals surface area contributed by atoms with Gasteiger partial charge in [0.05, 0.1) is 11.7 Å². The summed E-state index contributed by atoms with van der Waals surface area (Å²) in [6, 6.07) is 2.03. The van der Waals surface area contributed by atoms with Gasteiger partial charge in [0, 0.05) is 25.3 Å². The van der Waals surface area contributed by atoms with E-state index in [0.717, 1.165) is 13.1 Å². The van der Waals surface area contributed by atoms with Gasteiger partial charge < -0.3 is 14.5 Å². The highest BCUT2D eigenvalue weighted by Crippen LogP contribution is 2.26. The van der Waals surface area contributed by atoms with Gasteiger partial charge in [-0.2, -0.15) is 0 Å². The van der Waals surface area contributed by atoms with Crippen LogP contribution in [-0.2, 0) is 0 Å². The summed E-state index contributed by atoms with van der Waals surface area (Å²) < 4.78 is 5.50. The Balaban J connectivity index is 2.12. The topological polar surface area (TPSA) is 45.7 Å². The van der Waals surface area contributed by atoms with Crippen molar-refractivity contribution in [3.8, 4) is 5.88 Å². The Labute approximate surface area is 137 Å². The third kappa shape index (κ3) is 3.70. The monoisotopic (exact) mass is 325 g/mol. The van der Waals surface area contributed by atoms with Gasteiger partial charge in [-0.3, -0.25) is 4.79 Å². The molecular weight excluding hydrogens is 302 g/mol. The first-order valence-corrected chi connectivity index (χ1v) is 7.95. The van der Waals surface area contributed by atoms with Crippen LogP contribution in [-0.4, -0.2) is 60.0 Å². The Morgan fingerprint density at radius 3 is 2.64 bits per heavy atom. The molecule has 0 aromatic carbocycles. The summed E-state index contributed by atoms with van der Waals surface area (Å²) in [5.41, 5.74) is 0.507. The SMILES string of the molecule is CC(C)Oc1ncc(C(=O)N2C[C@@H](C)[C@@H](N(C)C)C2)cc1Cl. The summed E-state index contributed by atoms with van der Waals surface area (Å²) in [6.07, 6.45) is 1.53. The summed E-state index contributed by atoms with van der Waals surface area (Å²) in [7, 11) is 4.09. The molecule has 1 saturated heterocycles. The van der Waals surface area contributed by atoms with E-state index in [1.54, 1.807) is 12.3 Å². The molecule has 1 fully saturated rings. The van der Waals surface area contributed by atoms with Gasteiger partial charge in [-0.1, -0.05) is 18.5 Å². The Morgan fingerprint density at radius 1 is 1.45 bits per heavy atom. The van der Waals surface area contributed by atoms with Gasteiger partial charge in [-0.15, -0.1) is 0 Å². The molecule has 0 unspecified atom stereocenters. The molecule has 2 atom stereocenters. The van der Waals surface area contributed by atoms with Crippen LogP contribution in [0.25, 0.3) is 0 Å². The Morgan fingerprint density at radius 2 is 2.14 bits per heavy atom. The van der Waals surface area contributed by atoms with Crippen molar-refractivity contribution in [2.75, 3.05) is 27.2 Å². The maximum atomic E-state index is 12.6. The zero-order valence-electron chi connectivity index (χ0n) is 13.8. The highest BCUT2D eigenvalue weighted by Gasteiger charge is 2.34. The van der Waals surface area contributed by atoms with E-state index in [1.165, 1.54) is 0 Å². The fraction of sp³-hybridized carbons (Fsp3) is 0.625. The Bertz CT molecular complexity index is 548. The van der Waals surface area contributed by atoms with Crippen molar-refractivity contribution >= 4 is 17.5 Å². The number of carbonyl (C=O) groups is 1. The van der Waals surface area contributed by atoms with Gasteiger partial charge >= 0.3 is 0 Å². The molecule has 22 heavy (non-hydrogen) atoms. The van der Waals surface area contributed by atoms with Crippen LogP contribution in [0.1, 0.15) is 31.1 Å². The van der Waals surface area contributed by atoms with Crippen LogP contribution in [0.4, 0.5) is 0 Å². The van der Waals surface area contributed by atoms with Crippen molar-refractivity contribution < 1.29 is 9.53 Å². The average molecular weight is 326 g/mol. The van der Waals surface area contributed by atoms with E-state index >= 15 is 0 Å². The third-order valence-corrected chi connectivity index (χ3v) is 4.20. The molecule has 1 aliphatic rings. The number of pyridine rings is 1. The lowest BCUT2D eigenvalue weighted by atomic mass is 10.1. The number of likely N-dealkylation sites (N-methyl/N-ethyl adjacent to an activating group) is 1. The number of rotatable bonds is 4. The summed E-state index contributed by atoms with van der Waals surface area (Å²) in [5, 5.41) is 0.371. The number of ether oxygens (including phenoxy) is 1. The molecule has 122 valence electrons. The van der Waals surface area contributed by atoms with Crippen LogP contribution in [0.3, 0.4) is 0 Å². The molecule has 0 spiro atoms. The molecule has 1 amide bonds. The first-order chi connectivity index (χ1) is 10.3. The predicted molar refractivity (Wildman–Crippen MR) is 87.6 cm³/mol. The van der Waals surface area contributed by atoms with E-state index in [-0.39, 0.29) is 12.0 Å². The fourth-order valence-corrected chi connectivity index (χ4v) is 3.03. The van der Waals surface area contributed by atoms with Gasteiger partial charge in [0.2, 0.25) is 5.88 Å². The molecular formula is C16H24ClN3O2. The zero-order chi connectivity index (χ0) is 16.4. The van der Waals surface area contributed by atoms with Crippen LogP contribution in [0.5, 0.6) is 5.88 Å². The molecule has 2 rings (SSSR count). The number of likely N-dealkylation sites (tertiary alicyclic amines) is 1. The number of amides is 1. The van der Waals surface area contributed by atoms with E-state index < -0.39 is 0 Å². The minimum absolute atomic E-state index is 0.00756. The molecule has 0 radical (unpaired) electrons. The van der Waals surface area contributed by atoms with Crippen molar-refractivity contribution in [2.24, 2.45) is 5.92 Å². The maximum absolute atomic E-state index is 12.6. The van der Waals surface area contributed by atoms with Crippen LogP contribution in [0.15, 0.2) is 12.3 Å². The predicted octanol–water partition coefficient (Wildman–Crippen LogP) is 2.54.